The van der Waals surface area contributed by atoms with E-state index in [9.17, 15) is 0 Å². The SMILES string of the molecule is C[Si](C)(OCC1CC1)c1ccccc1.OCC1CC1. The van der Waals surface area contributed by atoms with Crippen molar-refractivity contribution >= 4 is 13.5 Å². The Morgan fingerprint density at radius 2 is 1.63 bits per heavy atom. The molecule has 0 aromatic heterocycles. The summed E-state index contributed by atoms with van der Waals surface area (Å²) in [5.41, 5.74) is 0. The van der Waals surface area contributed by atoms with E-state index in [-0.39, 0.29) is 0 Å². The zero-order valence-electron chi connectivity index (χ0n) is 12.1. The maximum atomic E-state index is 8.21. The molecule has 1 aromatic carbocycles. The summed E-state index contributed by atoms with van der Waals surface area (Å²) in [4.78, 5) is 0. The third-order valence-corrected chi connectivity index (χ3v) is 6.41. The minimum absolute atomic E-state index is 0.417. The third-order valence-electron chi connectivity index (χ3n) is 3.80. The highest BCUT2D eigenvalue weighted by Gasteiger charge is 2.29. The van der Waals surface area contributed by atoms with Crippen molar-refractivity contribution in [2.45, 2.75) is 38.8 Å². The summed E-state index contributed by atoms with van der Waals surface area (Å²) in [6.07, 6.45) is 5.27. The zero-order chi connectivity index (χ0) is 13.7. The van der Waals surface area contributed by atoms with Crippen molar-refractivity contribution in [2.24, 2.45) is 11.8 Å². The first-order valence-corrected chi connectivity index (χ1v) is 10.3. The maximum Gasteiger partial charge on any atom is 0.218 e. The molecule has 0 aliphatic heterocycles. The van der Waals surface area contributed by atoms with Crippen molar-refractivity contribution in [3.63, 3.8) is 0 Å². The van der Waals surface area contributed by atoms with Gasteiger partial charge in [0.25, 0.3) is 0 Å². The van der Waals surface area contributed by atoms with Gasteiger partial charge in [0.05, 0.1) is 0 Å². The molecule has 2 nitrogen and oxygen atoms in total. The fourth-order valence-electron chi connectivity index (χ4n) is 1.83. The molecule has 3 heteroatoms. The molecule has 0 bridgehead atoms. The molecular weight excluding hydrogens is 252 g/mol. The lowest BCUT2D eigenvalue weighted by atomic mass is 10.4. The molecular formula is C16H26O2Si. The molecule has 0 heterocycles. The van der Waals surface area contributed by atoms with Gasteiger partial charge >= 0.3 is 0 Å². The van der Waals surface area contributed by atoms with E-state index in [0.717, 1.165) is 12.5 Å². The highest BCUT2D eigenvalue weighted by atomic mass is 28.4. The molecule has 0 saturated heterocycles. The number of aliphatic hydroxyl groups excluding tert-OH is 1. The van der Waals surface area contributed by atoms with Crippen LogP contribution in [0.4, 0.5) is 0 Å². The van der Waals surface area contributed by atoms with E-state index in [4.69, 9.17) is 9.53 Å². The van der Waals surface area contributed by atoms with Gasteiger partial charge in [-0.1, -0.05) is 30.3 Å². The van der Waals surface area contributed by atoms with Crippen LogP contribution in [0.15, 0.2) is 30.3 Å². The monoisotopic (exact) mass is 278 g/mol. The zero-order valence-corrected chi connectivity index (χ0v) is 13.1. The predicted molar refractivity (Wildman–Crippen MR) is 82.0 cm³/mol. The van der Waals surface area contributed by atoms with Crippen LogP contribution in [0.5, 0.6) is 0 Å². The quantitative estimate of drug-likeness (QED) is 0.839. The van der Waals surface area contributed by atoms with E-state index in [1.165, 1.54) is 30.9 Å². The number of rotatable bonds is 5. The Bertz CT molecular complexity index is 370. The summed E-state index contributed by atoms with van der Waals surface area (Å²) in [5, 5.41) is 9.61. The minimum Gasteiger partial charge on any atom is -0.413 e. The van der Waals surface area contributed by atoms with E-state index < -0.39 is 8.32 Å². The summed E-state index contributed by atoms with van der Waals surface area (Å²) in [5.74, 6) is 1.56. The molecule has 0 unspecified atom stereocenters. The first kappa shape index (κ1) is 14.8. The van der Waals surface area contributed by atoms with E-state index in [0.29, 0.717) is 12.5 Å². The second-order valence-corrected chi connectivity index (χ2v) is 10.1. The van der Waals surface area contributed by atoms with Crippen LogP contribution < -0.4 is 5.19 Å². The highest BCUT2D eigenvalue weighted by molar-refractivity contribution is 6.84. The van der Waals surface area contributed by atoms with Gasteiger partial charge in [-0.05, 0) is 55.8 Å². The van der Waals surface area contributed by atoms with Crippen molar-refractivity contribution in [2.75, 3.05) is 13.2 Å². The second-order valence-electron chi connectivity index (χ2n) is 6.26. The smallest absolute Gasteiger partial charge is 0.218 e. The maximum absolute atomic E-state index is 8.21. The molecule has 2 fully saturated rings. The third kappa shape index (κ3) is 5.47. The Morgan fingerprint density at radius 1 is 1.05 bits per heavy atom. The van der Waals surface area contributed by atoms with Gasteiger partial charge in [-0.2, -0.15) is 0 Å². The molecule has 2 aliphatic rings. The molecule has 19 heavy (non-hydrogen) atoms. The normalized spacial score (nSPS) is 18.7. The molecule has 3 rings (SSSR count). The van der Waals surface area contributed by atoms with Crippen LogP contribution in [0.25, 0.3) is 0 Å². The van der Waals surface area contributed by atoms with Crippen LogP contribution >= 0.6 is 0 Å². The Morgan fingerprint density at radius 3 is 2.05 bits per heavy atom. The average Bonchev–Trinajstić information content (AvgIpc) is 3.32. The largest absolute Gasteiger partial charge is 0.413 e. The number of hydrogen-bond donors (Lipinski definition) is 1. The van der Waals surface area contributed by atoms with E-state index in [2.05, 4.69) is 43.4 Å². The highest BCUT2D eigenvalue weighted by Crippen LogP contribution is 2.29. The first-order valence-electron chi connectivity index (χ1n) is 7.42. The van der Waals surface area contributed by atoms with Crippen LogP contribution in [0.3, 0.4) is 0 Å². The fourth-order valence-corrected chi connectivity index (χ4v) is 3.65. The van der Waals surface area contributed by atoms with Crippen molar-refractivity contribution in [3.8, 4) is 0 Å². The molecule has 0 radical (unpaired) electrons. The Hall–Kier alpha value is -0.643. The van der Waals surface area contributed by atoms with Crippen molar-refractivity contribution in [1.82, 2.24) is 0 Å². The van der Waals surface area contributed by atoms with Crippen molar-refractivity contribution in [1.29, 1.82) is 0 Å². The first-order chi connectivity index (χ1) is 9.12. The lowest BCUT2D eigenvalue weighted by Crippen LogP contribution is -2.45. The summed E-state index contributed by atoms with van der Waals surface area (Å²) in [7, 11) is -1.60. The lowest BCUT2D eigenvalue weighted by Gasteiger charge is -2.23. The van der Waals surface area contributed by atoms with Gasteiger partial charge in [0.15, 0.2) is 0 Å². The van der Waals surface area contributed by atoms with Gasteiger partial charge in [0.1, 0.15) is 0 Å². The fraction of sp³-hybridized carbons (Fsp3) is 0.625. The topological polar surface area (TPSA) is 29.5 Å². The number of hydrogen-bond acceptors (Lipinski definition) is 2. The Kier molecular flexibility index (Phi) is 5.19. The Balaban J connectivity index is 0.000000224. The van der Waals surface area contributed by atoms with Gasteiger partial charge in [-0.15, -0.1) is 0 Å². The summed E-state index contributed by atoms with van der Waals surface area (Å²) < 4.78 is 6.08. The second kappa shape index (κ2) is 6.68. The molecule has 0 spiro atoms. The van der Waals surface area contributed by atoms with Crippen LogP contribution in [0, 0.1) is 11.8 Å². The summed E-state index contributed by atoms with van der Waals surface area (Å²) in [6, 6.07) is 10.7. The molecule has 2 aliphatic carbocycles. The van der Waals surface area contributed by atoms with Crippen LogP contribution in [0.1, 0.15) is 25.7 Å². The van der Waals surface area contributed by atoms with Crippen LogP contribution in [-0.4, -0.2) is 26.6 Å². The van der Waals surface area contributed by atoms with Gasteiger partial charge in [-0.3, -0.25) is 0 Å². The van der Waals surface area contributed by atoms with Crippen LogP contribution in [-0.2, 0) is 4.43 Å². The Labute approximate surface area is 117 Å². The van der Waals surface area contributed by atoms with Crippen molar-refractivity contribution in [3.05, 3.63) is 30.3 Å². The van der Waals surface area contributed by atoms with Gasteiger partial charge < -0.3 is 9.53 Å². The minimum atomic E-state index is -1.60. The van der Waals surface area contributed by atoms with Crippen molar-refractivity contribution < 1.29 is 9.53 Å². The summed E-state index contributed by atoms with van der Waals surface area (Å²) >= 11 is 0. The standard InChI is InChI=1S/C12H18OSi.C4H8O/c1-14(2,13-10-11-8-9-11)12-6-4-3-5-7-12;5-3-4-1-2-4/h3-7,11H,8-10H2,1-2H3;4-5H,1-3H2. The average molecular weight is 278 g/mol. The van der Waals surface area contributed by atoms with Crippen LogP contribution in [0.2, 0.25) is 13.1 Å². The molecule has 0 amide bonds. The molecule has 0 atom stereocenters. The molecule has 1 N–H and O–H groups in total. The molecule has 1 aromatic rings. The number of benzene rings is 1. The number of aliphatic hydroxyl groups is 1. The van der Waals surface area contributed by atoms with Gasteiger partial charge in [-0.25, -0.2) is 0 Å². The summed E-state index contributed by atoms with van der Waals surface area (Å²) in [6.45, 7) is 5.96. The molecule has 2 saturated carbocycles. The van der Waals surface area contributed by atoms with Gasteiger partial charge in [0.2, 0.25) is 8.32 Å². The van der Waals surface area contributed by atoms with E-state index >= 15 is 0 Å². The van der Waals surface area contributed by atoms with E-state index in [1.807, 2.05) is 0 Å². The van der Waals surface area contributed by atoms with Gasteiger partial charge in [0, 0.05) is 13.2 Å². The lowest BCUT2D eigenvalue weighted by molar-refractivity contribution is 0.277. The predicted octanol–water partition coefficient (Wildman–Crippen LogP) is 2.91. The van der Waals surface area contributed by atoms with E-state index in [1.54, 1.807) is 0 Å². The molecule has 106 valence electrons.